The molecule has 7 heteroatoms. The quantitative estimate of drug-likeness (QED) is 0.345. The van der Waals surface area contributed by atoms with Crippen LogP contribution in [0.3, 0.4) is 0 Å². The molecule has 3 aromatic carbocycles. The Morgan fingerprint density at radius 1 is 0.871 bits per heavy atom. The van der Waals surface area contributed by atoms with Gasteiger partial charge in [0.05, 0.1) is 27.3 Å². The fourth-order valence-corrected chi connectivity index (χ4v) is 6.52. The van der Waals surface area contributed by atoms with Gasteiger partial charge in [-0.1, -0.05) is 84.6 Å². The van der Waals surface area contributed by atoms with Gasteiger partial charge in [0.2, 0.25) is 0 Å². The van der Waals surface area contributed by atoms with E-state index in [1.165, 1.54) is 23.1 Å². The van der Waals surface area contributed by atoms with Gasteiger partial charge in [-0.05, 0) is 23.3 Å². The highest BCUT2D eigenvalue weighted by Gasteiger charge is 2.48. The van der Waals surface area contributed by atoms with E-state index >= 15 is 0 Å². The van der Waals surface area contributed by atoms with Gasteiger partial charge in [0, 0.05) is 0 Å². The molecule has 4 aromatic rings. The van der Waals surface area contributed by atoms with Gasteiger partial charge in [-0.25, -0.2) is 4.98 Å². The van der Waals surface area contributed by atoms with Gasteiger partial charge in [-0.15, -0.1) is 11.3 Å². The lowest BCUT2D eigenvalue weighted by molar-refractivity contribution is -0.149. The largest absolute Gasteiger partial charge is 0.481 e. The third kappa shape index (κ3) is 4.19. The Hall–Kier alpha value is -3.16. The van der Waals surface area contributed by atoms with Gasteiger partial charge >= 0.3 is 11.9 Å². The summed E-state index contributed by atoms with van der Waals surface area (Å²) in [5.74, 6) is -3.54. The Labute approximate surface area is 187 Å². The highest BCUT2D eigenvalue weighted by atomic mass is 32.2. The number of carbonyl (C=O) groups is 2. The summed E-state index contributed by atoms with van der Waals surface area (Å²) in [7, 11) is 0. The van der Waals surface area contributed by atoms with Gasteiger partial charge in [-0.2, -0.15) is 0 Å². The third-order valence-corrected chi connectivity index (χ3v) is 7.77. The maximum Gasteiger partial charge on any atom is 0.309 e. The van der Waals surface area contributed by atoms with Crippen molar-refractivity contribution in [2.24, 2.45) is 5.92 Å². The van der Waals surface area contributed by atoms with E-state index in [2.05, 4.69) is 0 Å². The molecule has 1 heterocycles. The van der Waals surface area contributed by atoms with Gasteiger partial charge < -0.3 is 10.2 Å². The Morgan fingerprint density at radius 3 is 1.94 bits per heavy atom. The summed E-state index contributed by atoms with van der Waals surface area (Å²) in [5, 5.41) is 19.8. The number of carboxylic acid groups (broad SMARTS) is 2. The summed E-state index contributed by atoms with van der Waals surface area (Å²) in [6.45, 7) is 0. The van der Waals surface area contributed by atoms with Crippen molar-refractivity contribution in [1.29, 1.82) is 0 Å². The number of fused-ring (bicyclic) bond motifs is 1. The smallest absolute Gasteiger partial charge is 0.309 e. The number of hydrogen-bond donors (Lipinski definition) is 2. The molecule has 156 valence electrons. The van der Waals surface area contributed by atoms with E-state index < -0.39 is 29.0 Å². The van der Waals surface area contributed by atoms with Crippen LogP contribution in [-0.2, 0) is 14.3 Å². The number of nitrogens with zero attached hydrogens (tertiary/aromatic N) is 1. The zero-order valence-corrected chi connectivity index (χ0v) is 18.0. The molecule has 0 aliphatic heterocycles. The second-order valence-corrected chi connectivity index (χ2v) is 9.53. The van der Waals surface area contributed by atoms with E-state index in [1.807, 2.05) is 84.9 Å². The molecule has 2 N–H and O–H groups in total. The minimum atomic E-state index is -1.22. The first-order chi connectivity index (χ1) is 15.0. The summed E-state index contributed by atoms with van der Waals surface area (Å²) >= 11 is 2.78. The normalized spacial score (nSPS) is 12.5. The molecule has 0 saturated carbocycles. The van der Waals surface area contributed by atoms with Crippen LogP contribution in [0.5, 0.6) is 0 Å². The van der Waals surface area contributed by atoms with Crippen LogP contribution in [0.4, 0.5) is 0 Å². The van der Waals surface area contributed by atoms with E-state index in [1.54, 1.807) is 0 Å². The lowest BCUT2D eigenvalue weighted by Gasteiger charge is -2.38. The Kier molecular flexibility index (Phi) is 6.06. The lowest BCUT2D eigenvalue weighted by atomic mass is 9.78. The average molecular weight is 450 g/mol. The molecule has 0 spiro atoms. The van der Waals surface area contributed by atoms with Crippen molar-refractivity contribution in [3.05, 3.63) is 96.1 Å². The number of rotatable bonds is 8. The number of benzene rings is 3. The number of para-hydroxylation sites is 1. The van der Waals surface area contributed by atoms with Crippen LogP contribution in [-0.4, -0.2) is 27.1 Å². The van der Waals surface area contributed by atoms with Gasteiger partial charge in [0.1, 0.15) is 0 Å². The Balaban J connectivity index is 1.98. The number of carboxylic acids is 2. The number of hydrogen-bond acceptors (Lipinski definition) is 5. The van der Waals surface area contributed by atoms with Gasteiger partial charge in [0.15, 0.2) is 4.34 Å². The fourth-order valence-electron chi connectivity index (χ4n) is 3.74. The molecule has 0 fully saturated rings. The molecule has 0 saturated heterocycles. The maximum atomic E-state index is 12.5. The Bertz CT molecular complexity index is 1140. The Morgan fingerprint density at radius 2 is 1.42 bits per heavy atom. The zero-order chi connectivity index (χ0) is 21.8. The highest BCUT2D eigenvalue weighted by molar-refractivity contribution is 8.02. The first kappa shape index (κ1) is 21.1. The van der Waals surface area contributed by atoms with E-state index in [-0.39, 0.29) is 0 Å². The zero-order valence-electron chi connectivity index (χ0n) is 16.3. The minimum Gasteiger partial charge on any atom is -0.481 e. The van der Waals surface area contributed by atoms with Gasteiger partial charge in [0.25, 0.3) is 0 Å². The van der Waals surface area contributed by atoms with E-state index in [0.717, 1.165) is 21.3 Å². The van der Waals surface area contributed by atoms with Crippen molar-refractivity contribution in [2.45, 2.75) is 15.5 Å². The predicted octanol–water partition coefficient (Wildman–Crippen LogP) is 5.51. The molecule has 1 unspecified atom stereocenters. The molecule has 5 nitrogen and oxygen atoms in total. The molecule has 1 aromatic heterocycles. The monoisotopic (exact) mass is 449 g/mol. The number of aliphatic carboxylic acids is 2. The summed E-state index contributed by atoms with van der Waals surface area (Å²) in [6.07, 6.45) is -0.517. The number of thioether (sulfide) groups is 1. The van der Waals surface area contributed by atoms with Crippen molar-refractivity contribution < 1.29 is 19.8 Å². The molecule has 0 amide bonds. The average Bonchev–Trinajstić information content (AvgIpc) is 3.19. The van der Waals surface area contributed by atoms with Crippen molar-refractivity contribution >= 4 is 45.3 Å². The highest BCUT2D eigenvalue weighted by Crippen LogP contribution is 2.54. The number of thiazole rings is 1. The molecule has 0 bridgehead atoms. The molecule has 0 radical (unpaired) electrons. The second kappa shape index (κ2) is 8.91. The summed E-state index contributed by atoms with van der Waals surface area (Å²) in [5.41, 5.74) is 2.27. The van der Waals surface area contributed by atoms with E-state index in [9.17, 15) is 19.8 Å². The van der Waals surface area contributed by atoms with Crippen LogP contribution in [0.2, 0.25) is 0 Å². The summed E-state index contributed by atoms with van der Waals surface area (Å²) in [6, 6.07) is 26.2. The minimum absolute atomic E-state index is 0.517. The van der Waals surface area contributed by atoms with Crippen molar-refractivity contribution in [2.75, 3.05) is 0 Å². The third-order valence-electron chi connectivity index (χ3n) is 5.10. The van der Waals surface area contributed by atoms with Crippen molar-refractivity contribution in [3.8, 4) is 0 Å². The lowest BCUT2D eigenvalue weighted by Crippen LogP contribution is -2.39. The van der Waals surface area contributed by atoms with E-state index in [0.29, 0.717) is 4.34 Å². The maximum absolute atomic E-state index is 12.5. The predicted molar refractivity (Wildman–Crippen MR) is 123 cm³/mol. The van der Waals surface area contributed by atoms with Crippen LogP contribution in [0.25, 0.3) is 10.2 Å². The molecule has 4 rings (SSSR count). The van der Waals surface area contributed by atoms with E-state index in [4.69, 9.17) is 4.98 Å². The standard InChI is InChI=1S/C24H19NO4S2/c26-21(27)15-18(22(28)29)24(16-9-3-1-4-10-16,17-11-5-2-6-12-17)31-23-25-19-13-7-8-14-20(19)30-23/h1-14,18H,15H2,(H,26,27)(H,28,29). The first-order valence-electron chi connectivity index (χ1n) is 9.61. The topological polar surface area (TPSA) is 87.5 Å². The van der Waals surface area contributed by atoms with Crippen LogP contribution in [0.1, 0.15) is 17.5 Å². The first-order valence-corrected chi connectivity index (χ1v) is 11.2. The van der Waals surface area contributed by atoms with Crippen LogP contribution >= 0.6 is 23.1 Å². The second-order valence-electron chi connectivity index (χ2n) is 7.01. The molecule has 0 aliphatic rings. The summed E-state index contributed by atoms with van der Waals surface area (Å²) in [4.78, 5) is 28.9. The van der Waals surface area contributed by atoms with Gasteiger partial charge in [-0.3, -0.25) is 9.59 Å². The van der Waals surface area contributed by atoms with Crippen molar-refractivity contribution in [1.82, 2.24) is 4.98 Å². The van der Waals surface area contributed by atoms with Crippen LogP contribution < -0.4 is 0 Å². The number of aromatic nitrogens is 1. The van der Waals surface area contributed by atoms with Crippen molar-refractivity contribution in [3.63, 3.8) is 0 Å². The molecule has 1 atom stereocenters. The molecule has 0 aliphatic carbocycles. The molecular formula is C24H19NO4S2. The van der Waals surface area contributed by atoms with Crippen LogP contribution in [0.15, 0.2) is 89.3 Å². The van der Waals surface area contributed by atoms with Crippen LogP contribution in [0, 0.1) is 5.92 Å². The molecule has 31 heavy (non-hydrogen) atoms. The summed E-state index contributed by atoms with van der Waals surface area (Å²) < 4.78 is 0.497. The SMILES string of the molecule is O=C(O)CC(C(=O)O)C(Sc1nc2ccccc2s1)(c1ccccc1)c1ccccc1. The fraction of sp³-hybridized carbons (Fsp3) is 0.125. The molecular weight excluding hydrogens is 430 g/mol.